The minimum Gasteiger partial charge on any atom is -0.511 e. The number of rotatable bonds is 5. The molecule has 27 heavy (non-hydrogen) atoms. The Balaban J connectivity index is 1.98. The molecule has 0 bridgehead atoms. The lowest BCUT2D eigenvalue weighted by Crippen LogP contribution is -2.41. The molecule has 0 spiro atoms. The summed E-state index contributed by atoms with van der Waals surface area (Å²) in [6, 6.07) is 16.0. The first kappa shape index (κ1) is 19.3. The number of halogens is 1. The Hall–Kier alpha value is -2.44. The zero-order valence-electron chi connectivity index (χ0n) is 14.6. The predicted octanol–water partition coefficient (Wildman–Crippen LogP) is 4.18. The molecule has 0 fully saturated rings. The van der Waals surface area contributed by atoms with E-state index >= 15 is 0 Å². The minimum absolute atomic E-state index is 0.00294. The normalized spacial score (nSPS) is 19.6. The molecule has 2 aromatic carbocycles. The van der Waals surface area contributed by atoms with Gasteiger partial charge < -0.3 is 15.2 Å². The van der Waals surface area contributed by atoms with Crippen molar-refractivity contribution in [3.05, 3.63) is 75.8 Å². The SMILES string of the molecule is CNC(=O)CC1(c2ccccc2)CC(O)=C(Sc2ccccc2Cl)C(=O)O1. The van der Waals surface area contributed by atoms with Crippen molar-refractivity contribution < 1.29 is 19.4 Å². The quantitative estimate of drug-likeness (QED) is 0.732. The summed E-state index contributed by atoms with van der Waals surface area (Å²) >= 11 is 7.20. The molecule has 0 saturated heterocycles. The molecule has 3 rings (SSSR count). The third-order valence-electron chi connectivity index (χ3n) is 4.26. The number of thioether (sulfide) groups is 1. The van der Waals surface area contributed by atoms with Crippen molar-refractivity contribution in [2.75, 3.05) is 7.05 Å². The number of hydrogen-bond donors (Lipinski definition) is 2. The molecule has 0 saturated carbocycles. The molecule has 2 N–H and O–H groups in total. The van der Waals surface area contributed by atoms with Crippen LogP contribution in [-0.4, -0.2) is 24.0 Å². The third-order valence-corrected chi connectivity index (χ3v) is 5.89. The molecule has 1 aliphatic heterocycles. The second-order valence-electron chi connectivity index (χ2n) is 6.08. The Bertz CT molecular complexity index is 900. The van der Waals surface area contributed by atoms with E-state index in [1.807, 2.05) is 6.07 Å². The average Bonchev–Trinajstić information content (AvgIpc) is 2.66. The van der Waals surface area contributed by atoms with Gasteiger partial charge in [-0.3, -0.25) is 4.79 Å². The van der Waals surface area contributed by atoms with Gasteiger partial charge in [0, 0.05) is 11.9 Å². The fraction of sp³-hybridized carbons (Fsp3) is 0.200. The van der Waals surface area contributed by atoms with Crippen molar-refractivity contribution in [1.29, 1.82) is 0 Å². The van der Waals surface area contributed by atoms with E-state index < -0.39 is 11.6 Å². The highest BCUT2D eigenvalue weighted by atomic mass is 35.5. The Kier molecular flexibility index (Phi) is 5.77. The van der Waals surface area contributed by atoms with Crippen molar-refractivity contribution in [2.24, 2.45) is 0 Å². The summed E-state index contributed by atoms with van der Waals surface area (Å²) in [4.78, 5) is 25.5. The van der Waals surface area contributed by atoms with Crippen LogP contribution in [0.15, 0.2) is 70.2 Å². The first-order valence-corrected chi connectivity index (χ1v) is 9.48. The van der Waals surface area contributed by atoms with Crippen LogP contribution < -0.4 is 5.32 Å². The van der Waals surface area contributed by atoms with Gasteiger partial charge in [0.2, 0.25) is 5.91 Å². The van der Waals surface area contributed by atoms with E-state index in [2.05, 4.69) is 5.32 Å². The summed E-state index contributed by atoms with van der Waals surface area (Å²) in [7, 11) is 1.51. The fourth-order valence-electron chi connectivity index (χ4n) is 2.92. The molecular weight excluding hydrogens is 386 g/mol. The monoisotopic (exact) mass is 403 g/mol. The maximum absolute atomic E-state index is 12.7. The lowest BCUT2D eigenvalue weighted by atomic mass is 9.84. The summed E-state index contributed by atoms with van der Waals surface area (Å²) in [5.74, 6) is -1.10. The maximum Gasteiger partial charge on any atom is 0.349 e. The van der Waals surface area contributed by atoms with Gasteiger partial charge in [0.1, 0.15) is 10.7 Å². The van der Waals surface area contributed by atoms with Crippen LogP contribution in [-0.2, 0) is 19.9 Å². The van der Waals surface area contributed by atoms with E-state index in [1.54, 1.807) is 48.5 Å². The molecule has 0 radical (unpaired) electrons. The zero-order chi connectivity index (χ0) is 19.4. The number of carbonyl (C=O) groups is 2. The number of nitrogens with one attached hydrogen (secondary N) is 1. The summed E-state index contributed by atoms with van der Waals surface area (Å²) in [5.41, 5.74) is -0.608. The van der Waals surface area contributed by atoms with Gasteiger partial charge in [-0.15, -0.1) is 0 Å². The van der Waals surface area contributed by atoms with Gasteiger partial charge in [-0.05, 0) is 17.7 Å². The van der Waals surface area contributed by atoms with Crippen LogP contribution in [0.2, 0.25) is 5.02 Å². The van der Waals surface area contributed by atoms with Gasteiger partial charge in [0.05, 0.1) is 17.9 Å². The number of aliphatic hydroxyl groups excluding tert-OH is 1. The number of benzene rings is 2. The molecule has 7 heteroatoms. The van der Waals surface area contributed by atoms with Gasteiger partial charge in [-0.25, -0.2) is 4.79 Å². The van der Waals surface area contributed by atoms with Crippen LogP contribution in [0.3, 0.4) is 0 Å². The van der Waals surface area contributed by atoms with Gasteiger partial charge >= 0.3 is 5.97 Å². The molecule has 140 valence electrons. The minimum atomic E-state index is -1.26. The van der Waals surface area contributed by atoms with Crippen molar-refractivity contribution >= 4 is 35.2 Å². The summed E-state index contributed by atoms with van der Waals surface area (Å²) in [6.45, 7) is 0. The van der Waals surface area contributed by atoms with E-state index in [1.165, 1.54) is 7.05 Å². The number of carbonyl (C=O) groups excluding carboxylic acids is 2. The van der Waals surface area contributed by atoms with E-state index in [9.17, 15) is 14.7 Å². The van der Waals surface area contributed by atoms with Crippen molar-refractivity contribution in [3.63, 3.8) is 0 Å². The van der Waals surface area contributed by atoms with Crippen molar-refractivity contribution in [3.8, 4) is 0 Å². The standard InChI is InChI=1S/C20H18ClNO4S/c1-22-17(24)12-20(13-7-3-2-4-8-13)11-15(23)18(19(25)26-20)27-16-10-6-5-9-14(16)21/h2-10,23H,11-12H2,1H3,(H,22,24). The average molecular weight is 404 g/mol. The van der Waals surface area contributed by atoms with Crippen LogP contribution in [0.25, 0.3) is 0 Å². The Morgan fingerprint density at radius 3 is 2.52 bits per heavy atom. The molecule has 1 amide bonds. The number of ether oxygens (including phenoxy) is 1. The second kappa shape index (κ2) is 8.06. The van der Waals surface area contributed by atoms with Gasteiger partial charge in [0.25, 0.3) is 0 Å². The van der Waals surface area contributed by atoms with Crippen LogP contribution in [0.4, 0.5) is 0 Å². The summed E-state index contributed by atoms with van der Waals surface area (Å²) in [5, 5.41) is 13.7. The molecule has 0 aromatic heterocycles. The molecule has 1 heterocycles. The zero-order valence-corrected chi connectivity index (χ0v) is 16.1. The molecule has 1 aliphatic rings. The van der Waals surface area contributed by atoms with Gasteiger partial charge in [-0.1, -0.05) is 65.8 Å². The summed E-state index contributed by atoms with van der Waals surface area (Å²) in [6.07, 6.45) is -0.0870. The van der Waals surface area contributed by atoms with Gasteiger partial charge in [0.15, 0.2) is 5.60 Å². The van der Waals surface area contributed by atoms with Gasteiger partial charge in [-0.2, -0.15) is 0 Å². The number of amides is 1. The molecule has 2 aromatic rings. The highest BCUT2D eigenvalue weighted by Gasteiger charge is 2.45. The Morgan fingerprint density at radius 1 is 1.22 bits per heavy atom. The van der Waals surface area contributed by atoms with Crippen LogP contribution in [0.5, 0.6) is 0 Å². The highest BCUT2D eigenvalue weighted by Crippen LogP contribution is 2.45. The number of cyclic esters (lactones) is 1. The van der Waals surface area contributed by atoms with E-state index in [0.29, 0.717) is 15.5 Å². The van der Waals surface area contributed by atoms with Crippen LogP contribution in [0.1, 0.15) is 18.4 Å². The summed E-state index contributed by atoms with van der Waals surface area (Å²) < 4.78 is 5.75. The lowest BCUT2D eigenvalue weighted by Gasteiger charge is -2.36. The number of hydrogen-bond acceptors (Lipinski definition) is 5. The highest BCUT2D eigenvalue weighted by molar-refractivity contribution is 8.04. The molecule has 1 unspecified atom stereocenters. The number of aliphatic hydroxyl groups is 1. The number of esters is 1. The van der Waals surface area contributed by atoms with E-state index in [0.717, 1.165) is 11.8 Å². The molecular formula is C20H18ClNO4S. The lowest BCUT2D eigenvalue weighted by molar-refractivity contribution is -0.161. The second-order valence-corrected chi connectivity index (χ2v) is 7.54. The topological polar surface area (TPSA) is 75.6 Å². The smallest absolute Gasteiger partial charge is 0.349 e. The maximum atomic E-state index is 12.7. The first-order valence-electron chi connectivity index (χ1n) is 8.29. The van der Waals surface area contributed by atoms with E-state index in [-0.39, 0.29) is 29.4 Å². The fourth-order valence-corrected chi connectivity index (χ4v) is 4.02. The molecule has 5 nitrogen and oxygen atoms in total. The van der Waals surface area contributed by atoms with Crippen LogP contribution >= 0.6 is 23.4 Å². The molecule has 1 atom stereocenters. The predicted molar refractivity (Wildman–Crippen MR) is 104 cm³/mol. The van der Waals surface area contributed by atoms with Crippen LogP contribution in [0, 0.1) is 0 Å². The Morgan fingerprint density at radius 2 is 1.89 bits per heavy atom. The first-order chi connectivity index (χ1) is 12.9. The third kappa shape index (κ3) is 4.12. The van der Waals surface area contributed by atoms with Crippen molar-refractivity contribution in [1.82, 2.24) is 5.32 Å². The van der Waals surface area contributed by atoms with E-state index in [4.69, 9.17) is 16.3 Å². The van der Waals surface area contributed by atoms with Crippen molar-refractivity contribution in [2.45, 2.75) is 23.3 Å². The Labute approximate surface area is 166 Å². The molecule has 0 aliphatic carbocycles. The largest absolute Gasteiger partial charge is 0.511 e.